The van der Waals surface area contributed by atoms with Crippen LogP contribution in [0.1, 0.15) is 42.5 Å². The van der Waals surface area contributed by atoms with Crippen LogP contribution in [0.3, 0.4) is 0 Å². The summed E-state index contributed by atoms with van der Waals surface area (Å²) in [4.78, 5) is 31.2. The first kappa shape index (κ1) is 19.9. The lowest BCUT2D eigenvalue weighted by atomic mass is 10.0. The van der Waals surface area contributed by atoms with Gasteiger partial charge in [0.25, 0.3) is 5.56 Å². The van der Waals surface area contributed by atoms with Crippen LogP contribution in [0, 0.1) is 0 Å². The second-order valence-electron chi connectivity index (χ2n) is 7.46. The van der Waals surface area contributed by atoms with Gasteiger partial charge in [0.15, 0.2) is 0 Å². The third kappa shape index (κ3) is 4.45. The fourth-order valence-electron chi connectivity index (χ4n) is 3.86. The molecule has 1 amide bonds. The van der Waals surface area contributed by atoms with Crippen LogP contribution in [0.2, 0.25) is 0 Å². The molecule has 0 bridgehead atoms. The van der Waals surface area contributed by atoms with Crippen LogP contribution >= 0.6 is 0 Å². The number of rotatable bonds is 6. The molecule has 7 heteroatoms. The van der Waals surface area contributed by atoms with Gasteiger partial charge in [0, 0.05) is 25.2 Å². The second kappa shape index (κ2) is 8.98. The summed E-state index contributed by atoms with van der Waals surface area (Å²) in [5.41, 5.74) is 0.883. The molecular formula is C23H25N3O4. The van der Waals surface area contributed by atoms with Crippen molar-refractivity contribution in [3.63, 3.8) is 0 Å². The quantitative estimate of drug-likeness (QED) is 0.627. The lowest BCUT2D eigenvalue weighted by Crippen LogP contribution is -2.41. The van der Waals surface area contributed by atoms with Gasteiger partial charge >= 0.3 is 0 Å². The molecule has 2 aromatic heterocycles. The SMILES string of the molecule is COc1cccc(Cc2cnc([C@@H]3CCCCN3C(=O)Cn3ccccc3=O)o2)c1. The van der Waals surface area contributed by atoms with Crippen molar-refractivity contribution in [1.82, 2.24) is 14.5 Å². The van der Waals surface area contributed by atoms with Gasteiger partial charge in [-0.25, -0.2) is 4.98 Å². The highest BCUT2D eigenvalue weighted by Crippen LogP contribution is 2.31. The normalized spacial score (nSPS) is 16.4. The highest BCUT2D eigenvalue weighted by molar-refractivity contribution is 5.76. The van der Waals surface area contributed by atoms with Gasteiger partial charge in [-0.2, -0.15) is 0 Å². The first-order chi connectivity index (χ1) is 14.6. The maximum Gasteiger partial charge on any atom is 0.250 e. The van der Waals surface area contributed by atoms with Gasteiger partial charge < -0.3 is 18.6 Å². The maximum atomic E-state index is 13.0. The Morgan fingerprint density at radius 1 is 1.23 bits per heavy atom. The Kier molecular flexibility index (Phi) is 5.97. The number of hydrogen-bond donors (Lipinski definition) is 0. The van der Waals surface area contributed by atoms with Crippen LogP contribution in [-0.2, 0) is 17.8 Å². The van der Waals surface area contributed by atoms with E-state index in [9.17, 15) is 9.59 Å². The van der Waals surface area contributed by atoms with E-state index in [1.807, 2.05) is 24.3 Å². The Morgan fingerprint density at radius 2 is 2.13 bits per heavy atom. The number of pyridine rings is 1. The molecular weight excluding hydrogens is 382 g/mol. The lowest BCUT2D eigenvalue weighted by Gasteiger charge is -2.34. The summed E-state index contributed by atoms with van der Waals surface area (Å²) in [7, 11) is 1.64. The molecule has 1 aromatic carbocycles. The summed E-state index contributed by atoms with van der Waals surface area (Å²) in [6.07, 6.45) is 6.71. The van der Waals surface area contributed by atoms with Gasteiger partial charge in [-0.1, -0.05) is 18.2 Å². The highest BCUT2D eigenvalue weighted by atomic mass is 16.5. The minimum atomic E-state index is -0.204. The zero-order valence-electron chi connectivity index (χ0n) is 17.0. The van der Waals surface area contributed by atoms with E-state index in [2.05, 4.69) is 4.98 Å². The molecule has 0 radical (unpaired) electrons. The van der Waals surface area contributed by atoms with Gasteiger partial charge in [-0.3, -0.25) is 9.59 Å². The van der Waals surface area contributed by atoms with Gasteiger partial charge in [-0.15, -0.1) is 0 Å². The summed E-state index contributed by atoms with van der Waals surface area (Å²) in [6.45, 7) is 0.659. The topological polar surface area (TPSA) is 77.6 Å². The van der Waals surface area contributed by atoms with E-state index in [-0.39, 0.29) is 24.1 Å². The maximum absolute atomic E-state index is 13.0. The van der Waals surface area contributed by atoms with Crippen LogP contribution in [0.25, 0.3) is 0 Å². The molecule has 4 rings (SSSR count). The van der Waals surface area contributed by atoms with E-state index in [1.54, 1.807) is 36.5 Å². The Morgan fingerprint density at radius 3 is 2.97 bits per heavy atom. The van der Waals surface area contributed by atoms with Gasteiger partial charge in [0.05, 0.1) is 13.3 Å². The molecule has 1 atom stereocenters. The molecule has 30 heavy (non-hydrogen) atoms. The number of benzene rings is 1. The number of ether oxygens (including phenoxy) is 1. The molecule has 1 saturated heterocycles. The number of piperidine rings is 1. The summed E-state index contributed by atoms with van der Waals surface area (Å²) in [5.74, 6) is 2.00. The van der Waals surface area contributed by atoms with Crippen molar-refractivity contribution in [2.24, 2.45) is 0 Å². The number of aromatic nitrogens is 2. The Hall–Kier alpha value is -3.35. The van der Waals surface area contributed by atoms with Crippen molar-refractivity contribution in [1.29, 1.82) is 0 Å². The van der Waals surface area contributed by atoms with Crippen LogP contribution in [0.15, 0.2) is 64.1 Å². The number of methoxy groups -OCH3 is 1. The average Bonchev–Trinajstić information content (AvgIpc) is 3.23. The van der Waals surface area contributed by atoms with Gasteiger partial charge in [0.1, 0.15) is 24.1 Å². The first-order valence-corrected chi connectivity index (χ1v) is 10.2. The zero-order chi connectivity index (χ0) is 20.9. The summed E-state index contributed by atoms with van der Waals surface area (Å²) >= 11 is 0. The largest absolute Gasteiger partial charge is 0.497 e. The van der Waals surface area contributed by atoms with Crippen molar-refractivity contribution < 1.29 is 13.9 Å². The van der Waals surface area contributed by atoms with E-state index < -0.39 is 0 Å². The molecule has 0 spiro atoms. The van der Waals surface area contributed by atoms with Crippen LogP contribution in [0.5, 0.6) is 5.75 Å². The highest BCUT2D eigenvalue weighted by Gasteiger charge is 2.31. The van der Waals surface area contributed by atoms with Crippen LogP contribution < -0.4 is 10.3 Å². The number of carbonyl (C=O) groups excluding carboxylic acids is 1. The molecule has 1 fully saturated rings. The minimum Gasteiger partial charge on any atom is -0.497 e. The van der Waals surface area contributed by atoms with Crippen molar-refractivity contribution in [2.45, 2.75) is 38.3 Å². The lowest BCUT2D eigenvalue weighted by molar-refractivity contribution is -0.136. The van der Waals surface area contributed by atoms with E-state index in [0.717, 1.165) is 36.3 Å². The standard InChI is InChI=1S/C23H25N3O4/c1-29-18-8-6-7-17(13-18)14-19-15-24-23(30-19)20-9-2-5-12-26(20)22(28)16-25-11-4-3-10-21(25)27/h3-4,6-8,10-11,13,15,20H,2,5,9,12,14,16H2,1H3/t20-/m0/s1. The second-order valence-corrected chi connectivity index (χ2v) is 7.46. The fraction of sp³-hybridized carbons (Fsp3) is 0.348. The van der Waals surface area contributed by atoms with E-state index >= 15 is 0 Å². The van der Waals surface area contributed by atoms with Gasteiger partial charge in [0.2, 0.25) is 11.8 Å². The van der Waals surface area contributed by atoms with E-state index in [0.29, 0.717) is 18.9 Å². The number of oxazole rings is 1. The average molecular weight is 407 g/mol. The molecule has 0 unspecified atom stereocenters. The number of nitrogens with zero attached hydrogens (tertiary/aromatic N) is 3. The summed E-state index contributed by atoms with van der Waals surface area (Å²) < 4.78 is 12.7. The predicted octanol–water partition coefficient (Wildman–Crippen LogP) is 3.19. The van der Waals surface area contributed by atoms with E-state index in [4.69, 9.17) is 9.15 Å². The van der Waals surface area contributed by atoms with Crippen molar-refractivity contribution >= 4 is 5.91 Å². The molecule has 3 heterocycles. The third-order valence-corrected chi connectivity index (χ3v) is 5.40. The molecule has 156 valence electrons. The molecule has 0 aliphatic carbocycles. The molecule has 3 aromatic rings. The number of amides is 1. The smallest absolute Gasteiger partial charge is 0.250 e. The molecule has 7 nitrogen and oxygen atoms in total. The predicted molar refractivity (Wildman–Crippen MR) is 111 cm³/mol. The zero-order valence-corrected chi connectivity index (χ0v) is 17.0. The van der Waals surface area contributed by atoms with E-state index in [1.165, 1.54) is 10.6 Å². The van der Waals surface area contributed by atoms with Crippen molar-refractivity contribution in [3.8, 4) is 5.75 Å². The Labute approximate surface area is 174 Å². The third-order valence-electron chi connectivity index (χ3n) is 5.40. The summed E-state index contributed by atoms with van der Waals surface area (Å²) in [5, 5.41) is 0. The number of carbonyl (C=O) groups is 1. The monoisotopic (exact) mass is 407 g/mol. The van der Waals surface area contributed by atoms with Crippen molar-refractivity contribution in [2.75, 3.05) is 13.7 Å². The molecule has 1 aliphatic heterocycles. The fourth-order valence-corrected chi connectivity index (χ4v) is 3.86. The molecule has 0 N–H and O–H groups in total. The van der Waals surface area contributed by atoms with Crippen molar-refractivity contribution in [3.05, 3.63) is 82.4 Å². The first-order valence-electron chi connectivity index (χ1n) is 10.2. The molecule has 0 saturated carbocycles. The Bertz CT molecular complexity index is 1070. The minimum absolute atomic E-state index is 0.0214. The Balaban J connectivity index is 1.49. The molecule has 1 aliphatic rings. The van der Waals surface area contributed by atoms with Crippen LogP contribution in [-0.4, -0.2) is 34.0 Å². The number of likely N-dealkylation sites (tertiary alicyclic amines) is 1. The summed E-state index contributed by atoms with van der Waals surface area (Å²) in [6, 6.07) is 12.5. The van der Waals surface area contributed by atoms with Crippen LogP contribution in [0.4, 0.5) is 0 Å². The van der Waals surface area contributed by atoms with Gasteiger partial charge in [-0.05, 0) is 43.0 Å². The number of hydrogen-bond acceptors (Lipinski definition) is 5.